The highest BCUT2D eigenvalue weighted by atomic mass is 32.1. The molecule has 2 aromatic rings. The van der Waals surface area contributed by atoms with E-state index in [-0.39, 0.29) is 24.4 Å². The summed E-state index contributed by atoms with van der Waals surface area (Å²) in [4.78, 5) is 24.2. The third-order valence-electron chi connectivity index (χ3n) is 2.47. The summed E-state index contributed by atoms with van der Waals surface area (Å²) < 4.78 is 0. The minimum atomic E-state index is 0.0236. The smallest absolute Gasteiger partial charge is 0.173 e. The van der Waals surface area contributed by atoms with E-state index in [0.29, 0.717) is 5.56 Å². The average molecular weight is 244 g/mol. The lowest BCUT2D eigenvalue weighted by molar-refractivity contribution is 0.0919. The van der Waals surface area contributed by atoms with E-state index < -0.39 is 0 Å². The van der Waals surface area contributed by atoms with Crippen LogP contribution in [0.3, 0.4) is 0 Å². The van der Waals surface area contributed by atoms with Gasteiger partial charge in [0.2, 0.25) is 0 Å². The van der Waals surface area contributed by atoms with E-state index in [0.717, 1.165) is 4.88 Å². The zero-order valence-corrected chi connectivity index (χ0v) is 10.1. The number of hydrogen-bond donors (Lipinski definition) is 0. The lowest BCUT2D eigenvalue weighted by Gasteiger charge is -1.99. The summed E-state index contributed by atoms with van der Waals surface area (Å²) in [5, 5.41) is 1.87. The van der Waals surface area contributed by atoms with Gasteiger partial charge < -0.3 is 0 Å². The van der Waals surface area contributed by atoms with Gasteiger partial charge in [0, 0.05) is 18.4 Å². The van der Waals surface area contributed by atoms with Crippen LogP contribution in [0.25, 0.3) is 0 Å². The quantitative estimate of drug-likeness (QED) is 0.753. The Balaban J connectivity index is 1.91. The van der Waals surface area contributed by atoms with Gasteiger partial charge in [-0.3, -0.25) is 9.59 Å². The van der Waals surface area contributed by atoms with Gasteiger partial charge in [-0.2, -0.15) is 0 Å². The van der Waals surface area contributed by atoms with Crippen molar-refractivity contribution in [3.8, 4) is 0 Å². The molecule has 3 heteroatoms. The number of hydrogen-bond acceptors (Lipinski definition) is 3. The Kier molecular flexibility index (Phi) is 3.83. The van der Waals surface area contributed by atoms with Crippen molar-refractivity contribution in [2.45, 2.75) is 12.8 Å². The van der Waals surface area contributed by atoms with Gasteiger partial charge in [0.05, 0.1) is 4.88 Å². The molecule has 0 amide bonds. The molecule has 0 saturated carbocycles. The van der Waals surface area contributed by atoms with Crippen molar-refractivity contribution in [1.82, 2.24) is 0 Å². The predicted octanol–water partition coefficient (Wildman–Crippen LogP) is 3.59. The standard InChI is InChI=1S/C14H12O2S/c15-12(11-5-2-1-3-6-11)8-9-13(16)14-7-4-10-17-14/h1-7,10H,8-9H2. The largest absolute Gasteiger partial charge is 0.294 e. The molecule has 0 fully saturated rings. The summed E-state index contributed by atoms with van der Waals surface area (Å²) in [6, 6.07) is 12.7. The molecule has 0 N–H and O–H groups in total. The van der Waals surface area contributed by atoms with Gasteiger partial charge in [-0.1, -0.05) is 36.4 Å². The van der Waals surface area contributed by atoms with Crippen LogP contribution in [0.5, 0.6) is 0 Å². The van der Waals surface area contributed by atoms with Crippen LogP contribution in [0.4, 0.5) is 0 Å². The fourth-order valence-electron chi connectivity index (χ4n) is 1.56. The molecule has 0 atom stereocenters. The lowest BCUT2D eigenvalue weighted by atomic mass is 10.0. The lowest BCUT2D eigenvalue weighted by Crippen LogP contribution is -2.03. The highest BCUT2D eigenvalue weighted by molar-refractivity contribution is 7.12. The van der Waals surface area contributed by atoms with E-state index >= 15 is 0 Å². The Morgan fingerprint density at radius 1 is 0.882 bits per heavy atom. The number of ketones is 2. The van der Waals surface area contributed by atoms with Gasteiger partial charge in [0.15, 0.2) is 11.6 Å². The number of benzene rings is 1. The maximum Gasteiger partial charge on any atom is 0.173 e. The fourth-order valence-corrected chi connectivity index (χ4v) is 2.25. The van der Waals surface area contributed by atoms with Crippen molar-refractivity contribution in [1.29, 1.82) is 0 Å². The predicted molar refractivity (Wildman–Crippen MR) is 68.7 cm³/mol. The Morgan fingerprint density at radius 3 is 2.24 bits per heavy atom. The molecule has 1 heterocycles. The maximum absolute atomic E-state index is 11.8. The number of carbonyl (C=O) groups excluding carboxylic acids is 2. The van der Waals surface area contributed by atoms with Crippen molar-refractivity contribution in [2.24, 2.45) is 0 Å². The molecule has 0 saturated heterocycles. The zero-order valence-electron chi connectivity index (χ0n) is 9.26. The third kappa shape index (κ3) is 3.11. The SMILES string of the molecule is O=C(CCC(=O)c1cccs1)c1ccccc1. The molecule has 0 aliphatic carbocycles. The highest BCUT2D eigenvalue weighted by Crippen LogP contribution is 2.13. The molecule has 86 valence electrons. The fraction of sp³-hybridized carbons (Fsp3) is 0.143. The second-order valence-corrected chi connectivity index (χ2v) is 4.64. The Hall–Kier alpha value is -1.74. The second-order valence-electron chi connectivity index (χ2n) is 3.69. The van der Waals surface area contributed by atoms with Crippen LogP contribution >= 0.6 is 11.3 Å². The van der Waals surface area contributed by atoms with Gasteiger partial charge in [-0.15, -0.1) is 11.3 Å². The summed E-state index contributed by atoms with van der Waals surface area (Å²) >= 11 is 1.42. The number of Topliss-reactive ketones (excluding diaryl/α,β-unsaturated/α-hetero) is 2. The number of rotatable bonds is 5. The molecule has 0 aliphatic rings. The van der Waals surface area contributed by atoms with Gasteiger partial charge in [0.25, 0.3) is 0 Å². The average Bonchev–Trinajstić information content (AvgIpc) is 2.90. The van der Waals surface area contributed by atoms with Crippen LogP contribution in [0, 0.1) is 0 Å². The molecule has 0 unspecified atom stereocenters. The van der Waals surface area contributed by atoms with Crippen LogP contribution in [0.15, 0.2) is 47.8 Å². The first-order valence-corrected chi connectivity index (χ1v) is 6.30. The van der Waals surface area contributed by atoms with E-state index in [1.54, 1.807) is 18.2 Å². The van der Waals surface area contributed by atoms with Gasteiger partial charge >= 0.3 is 0 Å². The number of thiophene rings is 1. The van der Waals surface area contributed by atoms with E-state index in [2.05, 4.69) is 0 Å². The second kappa shape index (κ2) is 5.55. The molecule has 17 heavy (non-hydrogen) atoms. The van der Waals surface area contributed by atoms with Crippen molar-refractivity contribution < 1.29 is 9.59 Å². The molecule has 1 aromatic carbocycles. The van der Waals surface area contributed by atoms with Gasteiger partial charge in [-0.05, 0) is 11.4 Å². The van der Waals surface area contributed by atoms with Crippen LogP contribution in [-0.2, 0) is 0 Å². The molecule has 0 aliphatic heterocycles. The molecular formula is C14H12O2S. The minimum Gasteiger partial charge on any atom is -0.294 e. The Labute approximate surface area is 104 Å². The first-order valence-electron chi connectivity index (χ1n) is 5.42. The normalized spacial score (nSPS) is 10.1. The van der Waals surface area contributed by atoms with E-state index in [4.69, 9.17) is 0 Å². The molecule has 2 rings (SSSR count). The Morgan fingerprint density at radius 2 is 1.59 bits per heavy atom. The van der Waals surface area contributed by atoms with Crippen LogP contribution in [-0.4, -0.2) is 11.6 Å². The first-order chi connectivity index (χ1) is 8.27. The van der Waals surface area contributed by atoms with Crippen molar-refractivity contribution >= 4 is 22.9 Å². The van der Waals surface area contributed by atoms with Crippen LogP contribution < -0.4 is 0 Å². The molecule has 0 spiro atoms. The molecule has 0 radical (unpaired) electrons. The van der Waals surface area contributed by atoms with Crippen LogP contribution in [0.2, 0.25) is 0 Å². The van der Waals surface area contributed by atoms with Crippen molar-refractivity contribution in [3.63, 3.8) is 0 Å². The maximum atomic E-state index is 11.8. The monoisotopic (exact) mass is 244 g/mol. The summed E-state index contributed by atoms with van der Waals surface area (Å²) in [6.45, 7) is 0. The van der Waals surface area contributed by atoms with E-state index in [1.807, 2.05) is 29.6 Å². The Bertz CT molecular complexity index is 500. The van der Waals surface area contributed by atoms with Crippen LogP contribution in [0.1, 0.15) is 32.9 Å². The summed E-state index contributed by atoms with van der Waals surface area (Å²) in [5.74, 6) is 0.0692. The highest BCUT2D eigenvalue weighted by Gasteiger charge is 2.11. The summed E-state index contributed by atoms with van der Waals surface area (Å²) in [6.07, 6.45) is 0.564. The molecule has 2 nitrogen and oxygen atoms in total. The summed E-state index contributed by atoms with van der Waals surface area (Å²) in [5.41, 5.74) is 0.673. The third-order valence-corrected chi connectivity index (χ3v) is 3.38. The van der Waals surface area contributed by atoms with E-state index in [1.165, 1.54) is 11.3 Å². The molecular weight excluding hydrogens is 232 g/mol. The van der Waals surface area contributed by atoms with E-state index in [9.17, 15) is 9.59 Å². The summed E-state index contributed by atoms with van der Waals surface area (Å²) in [7, 11) is 0. The van der Waals surface area contributed by atoms with Crippen molar-refractivity contribution in [3.05, 3.63) is 58.3 Å². The topological polar surface area (TPSA) is 34.1 Å². The minimum absolute atomic E-state index is 0.0236. The zero-order chi connectivity index (χ0) is 12.1. The molecule has 1 aromatic heterocycles. The first kappa shape index (κ1) is 11.7. The molecule has 0 bridgehead atoms. The van der Waals surface area contributed by atoms with Crippen molar-refractivity contribution in [2.75, 3.05) is 0 Å². The van der Waals surface area contributed by atoms with Gasteiger partial charge in [0.1, 0.15) is 0 Å². The van der Waals surface area contributed by atoms with Gasteiger partial charge in [-0.25, -0.2) is 0 Å². The number of carbonyl (C=O) groups is 2.